The van der Waals surface area contributed by atoms with E-state index in [1.54, 1.807) is 31.2 Å². The van der Waals surface area contributed by atoms with Crippen molar-refractivity contribution in [3.63, 3.8) is 0 Å². The largest absolute Gasteiger partial charge is 0.438 e. The third kappa shape index (κ3) is 5.76. The van der Waals surface area contributed by atoms with Gasteiger partial charge in [-0.05, 0) is 50.0 Å². The topological polar surface area (TPSA) is 85.4 Å². The third-order valence-electron chi connectivity index (χ3n) is 4.46. The van der Waals surface area contributed by atoms with Crippen LogP contribution in [0.2, 0.25) is 0 Å². The number of allylic oxidation sites excluding steroid dienone is 2. The molecular formula is C22H23FN2O4S. The van der Waals surface area contributed by atoms with Gasteiger partial charge in [0.05, 0.1) is 0 Å². The lowest BCUT2D eigenvalue weighted by atomic mass is 10.1. The summed E-state index contributed by atoms with van der Waals surface area (Å²) in [4.78, 5) is 17.1. The van der Waals surface area contributed by atoms with Crippen LogP contribution in [-0.2, 0) is 9.84 Å². The molecule has 1 N–H and O–H groups in total. The van der Waals surface area contributed by atoms with Crippen LogP contribution in [0.5, 0.6) is 11.6 Å². The van der Waals surface area contributed by atoms with E-state index >= 15 is 0 Å². The van der Waals surface area contributed by atoms with Gasteiger partial charge in [0.25, 0.3) is 5.91 Å². The van der Waals surface area contributed by atoms with Crippen LogP contribution in [-0.4, -0.2) is 31.6 Å². The quantitative estimate of drug-likeness (QED) is 0.710. The van der Waals surface area contributed by atoms with E-state index in [0.717, 1.165) is 36.1 Å². The van der Waals surface area contributed by atoms with Gasteiger partial charge in [0.2, 0.25) is 5.88 Å². The van der Waals surface area contributed by atoms with E-state index < -0.39 is 27.6 Å². The highest BCUT2D eigenvalue weighted by molar-refractivity contribution is 7.93. The summed E-state index contributed by atoms with van der Waals surface area (Å²) in [6, 6.07) is 9.30. The number of para-hydroxylation sites is 1. The molecule has 0 spiro atoms. The number of nitrogens with one attached hydrogen (secondary N) is 1. The molecule has 0 unspecified atom stereocenters. The maximum Gasteiger partial charge on any atom is 0.257 e. The Kier molecular flexibility index (Phi) is 6.66. The van der Waals surface area contributed by atoms with Crippen molar-refractivity contribution < 1.29 is 22.3 Å². The first-order valence-corrected chi connectivity index (χ1v) is 11.5. The molecule has 1 atom stereocenters. The van der Waals surface area contributed by atoms with Crippen LogP contribution in [0.15, 0.2) is 54.0 Å². The van der Waals surface area contributed by atoms with Crippen molar-refractivity contribution >= 4 is 21.3 Å². The van der Waals surface area contributed by atoms with E-state index in [-0.39, 0.29) is 17.1 Å². The van der Waals surface area contributed by atoms with Gasteiger partial charge in [-0.15, -0.1) is 0 Å². The maximum atomic E-state index is 14.8. The van der Waals surface area contributed by atoms with Gasteiger partial charge in [-0.2, -0.15) is 0 Å². The number of carbonyl (C=O) groups is 1. The standard InChI is InChI=1S/C22H23FN2O4S/c1-15(12-13-30(2,27)28)24-21(26)18-14-19(23)20(16-8-6-7-9-16)25-22(18)29-17-10-4-3-5-11-17/h3-5,8,10-15H,6-7,9H2,1-2H3,(H,24,26)/b13-12+/t15-/m1/s1. The van der Waals surface area contributed by atoms with E-state index in [4.69, 9.17) is 4.74 Å². The van der Waals surface area contributed by atoms with Crippen LogP contribution < -0.4 is 10.1 Å². The Morgan fingerprint density at radius 3 is 2.67 bits per heavy atom. The molecule has 1 amide bonds. The minimum Gasteiger partial charge on any atom is -0.438 e. The number of aromatic nitrogens is 1. The van der Waals surface area contributed by atoms with E-state index in [0.29, 0.717) is 12.2 Å². The van der Waals surface area contributed by atoms with Crippen LogP contribution in [0.4, 0.5) is 4.39 Å². The smallest absolute Gasteiger partial charge is 0.257 e. The molecule has 6 nitrogen and oxygen atoms in total. The molecule has 0 radical (unpaired) electrons. The summed E-state index contributed by atoms with van der Waals surface area (Å²) in [7, 11) is -3.33. The van der Waals surface area contributed by atoms with Gasteiger partial charge < -0.3 is 10.1 Å². The SMILES string of the molecule is C[C@H](/C=C/S(C)(=O)=O)NC(=O)c1cc(F)c(C2=CCCC2)nc1Oc1ccccc1. The summed E-state index contributed by atoms with van der Waals surface area (Å²) in [5.74, 6) is -0.776. The van der Waals surface area contributed by atoms with Gasteiger partial charge in [0.15, 0.2) is 9.84 Å². The number of carbonyl (C=O) groups excluding carboxylic acids is 1. The van der Waals surface area contributed by atoms with Crippen molar-refractivity contribution in [2.45, 2.75) is 32.2 Å². The Hall–Kier alpha value is -3.00. The highest BCUT2D eigenvalue weighted by Crippen LogP contribution is 2.32. The third-order valence-corrected chi connectivity index (χ3v) is 5.11. The van der Waals surface area contributed by atoms with Crippen LogP contribution in [0.25, 0.3) is 5.57 Å². The summed E-state index contributed by atoms with van der Waals surface area (Å²) < 4.78 is 43.1. The first kappa shape index (κ1) is 21.7. The minimum absolute atomic E-state index is 0.0119. The first-order valence-electron chi connectivity index (χ1n) is 9.55. The van der Waals surface area contributed by atoms with Crippen molar-refractivity contribution in [3.8, 4) is 11.6 Å². The zero-order valence-corrected chi connectivity index (χ0v) is 17.6. The van der Waals surface area contributed by atoms with E-state index in [9.17, 15) is 17.6 Å². The van der Waals surface area contributed by atoms with Crippen molar-refractivity contribution in [2.75, 3.05) is 6.26 Å². The fraction of sp³-hybridized carbons (Fsp3) is 0.273. The molecular weight excluding hydrogens is 407 g/mol. The van der Waals surface area contributed by atoms with E-state index in [1.165, 1.54) is 6.08 Å². The number of sulfone groups is 1. The molecule has 0 saturated heterocycles. The molecule has 1 aliphatic carbocycles. The Balaban J connectivity index is 1.94. The molecule has 1 aliphatic rings. The van der Waals surface area contributed by atoms with Crippen LogP contribution in [0, 0.1) is 5.82 Å². The van der Waals surface area contributed by atoms with Crippen molar-refractivity contribution in [1.29, 1.82) is 0 Å². The summed E-state index contributed by atoms with van der Waals surface area (Å²) in [5.41, 5.74) is 0.903. The molecule has 8 heteroatoms. The number of pyridine rings is 1. The number of nitrogens with zero attached hydrogens (tertiary/aromatic N) is 1. The zero-order valence-electron chi connectivity index (χ0n) is 16.8. The van der Waals surface area contributed by atoms with Crippen LogP contribution in [0.1, 0.15) is 42.2 Å². The number of halogens is 1. The predicted octanol–water partition coefficient (Wildman–Crippen LogP) is 4.26. The molecule has 0 saturated carbocycles. The molecule has 3 rings (SSSR count). The maximum absolute atomic E-state index is 14.8. The number of rotatable bonds is 7. The molecule has 2 aromatic rings. The van der Waals surface area contributed by atoms with Crippen molar-refractivity contribution in [3.05, 3.63) is 71.0 Å². The normalized spacial score (nSPS) is 15.1. The van der Waals surface area contributed by atoms with Gasteiger partial charge in [0, 0.05) is 17.7 Å². The summed E-state index contributed by atoms with van der Waals surface area (Å²) in [6.45, 7) is 1.61. The lowest BCUT2D eigenvalue weighted by Gasteiger charge is -2.15. The minimum atomic E-state index is -3.33. The highest BCUT2D eigenvalue weighted by Gasteiger charge is 2.23. The molecule has 30 heavy (non-hydrogen) atoms. The van der Waals surface area contributed by atoms with Gasteiger partial charge in [-0.25, -0.2) is 17.8 Å². The Morgan fingerprint density at radius 1 is 1.30 bits per heavy atom. The van der Waals surface area contributed by atoms with E-state index in [2.05, 4.69) is 10.3 Å². The summed E-state index contributed by atoms with van der Waals surface area (Å²) >= 11 is 0. The van der Waals surface area contributed by atoms with E-state index in [1.807, 2.05) is 12.1 Å². The predicted molar refractivity (Wildman–Crippen MR) is 113 cm³/mol. The Morgan fingerprint density at radius 2 is 2.03 bits per heavy atom. The summed E-state index contributed by atoms with van der Waals surface area (Å²) in [6.07, 6.45) is 6.84. The van der Waals surface area contributed by atoms with Gasteiger partial charge in [-0.3, -0.25) is 4.79 Å². The van der Waals surface area contributed by atoms with Gasteiger partial charge in [-0.1, -0.05) is 30.4 Å². The molecule has 1 heterocycles. The number of benzene rings is 1. The second-order valence-electron chi connectivity index (χ2n) is 7.13. The number of ether oxygens (including phenoxy) is 1. The van der Waals surface area contributed by atoms with Crippen molar-refractivity contribution in [1.82, 2.24) is 10.3 Å². The molecule has 0 fully saturated rings. The number of hydrogen-bond donors (Lipinski definition) is 1. The molecule has 158 valence electrons. The number of amides is 1. The lowest BCUT2D eigenvalue weighted by Crippen LogP contribution is -2.31. The second kappa shape index (κ2) is 9.21. The number of hydrogen-bond acceptors (Lipinski definition) is 5. The van der Waals surface area contributed by atoms with Gasteiger partial charge in [0.1, 0.15) is 22.8 Å². The monoisotopic (exact) mass is 430 g/mol. The van der Waals surface area contributed by atoms with Crippen molar-refractivity contribution in [2.24, 2.45) is 0 Å². The second-order valence-corrected chi connectivity index (χ2v) is 9.06. The molecule has 0 aliphatic heterocycles. The fourth-order valence-electron chi connectivity index (χ4n) is 3.02. The average Bonchev–Trinajstić information content (AvgIpc) is 3.22. The zero-order chi connectivity index (χ0) is 21.7. The average molecular weight is 431 g/mol. The first-order chi connectivity index (χ1) is 14.2. The van der Waals surface area contributed by atoms with Crippen LogP contribution >= 0.6 is 0 Å². The highest BCUT2D eigenvalue weighted by atomic mass is 32.2. The molecule has 0 bridgehead atoms. The Labute approximate surface area is 175 Å². The lowest BCUT2D eigenvalue weighted by molar-refractivity contribution is 0.0943. The molecule has 1 aromatic carbocycles. The van der Waals surface area contributed by atoms with Crippen LogP contribution in [0.3, 0.4) is 0 Å². The fourth-order valence-corrected chi connectivity index (χ4v) is 3.54. The Bertz CT molecular complexity index is 1100. The summed E-state index contributed by atoms with van der Waals surface area (Å²) in [5, 5.41) is 3.63. The van der Waals surface area contributed by atoms with Gasteiger partial charge >= 0.3 is 0 Å². The molecule has 1 aromatic heterocycles.